The minimum Gasteiger partial charge on any atom is -0.465 e. The molecule has 0 heterocycles. The summed E-state index contributed by atoms with van der Waals surface area (Å²) >= 11 is 0. The average molecular weight is 288 g/mol. The molecule has 0 aliphatic heterocycles. The number of nitriles is 1. The molecule has 1 aromatic rings. The van der Waals surface area contributed by atoms with Gasteiger partial charge < -0.3 is 9.64 Å². The lowest BCUT2D eigenvalue weighted by Crippen LogP contribution is -2.40. The molecule has 1 aromatic carbocycles. The molecule has 0 aliphatic rings. The van der Waals surface area contributed by atoms with Crippen LogP contribution in [0.3, 0.4) is 0 Å². The van der Waals surface area contributed by atoms with E-state index in [1.54, 1.807) is 13.8 Å². The van der Waals surface area contributed by atoms with Gasteiger partial charge in [-0.3, -0.25) is 9.59 Å². The summed E-state index contributed by atoms with van der Waals surface area (Å²) in [6, 6.07) is 11.4. The van der Waals surface area contributed by atoms with Crippen molar-refractivity contribution in [3.8, 4) is 6.07 Å². The molecule has 5 heteroatoms. The van der Waals surface area contributed by atoms with E-state index in [1.807, 2.05) is 36.4 Å². The quantitative estimate of drug-likeness (QED) is 0.717. The summed E-state index contributed by atoms with van der Waals surface area (Å²) in [5, 5.41) is 9.23. The number of rotatable bonds is 7. The highest BCUT2D eigenvalue weighted by molar-refractivity contribution is 5.85. The van der Waals surface area contributed by atoms with Crippen molar-refractivity contribution < 1.29 is 14.3 Å². The molecule has 112 valence electrons. The Labute approximate surface area is 125 Å². The molecule has 5 nitrogen and oxygen atoms in total. The summed E-state index contributed by atoms with van der Waals surface area (Å²) in [6.07, 6.45) is 0.343. The van der Waals surface area contributed by atoms with Gasteiger partial charge in [-0.25, -0.2) is 0 Å². The second kappa shape index (κ2) is 8.75. The predicted molar refractivity (Wildman–Crippen MR) is 78.1 cm³/mol. The van der Waals surface area contributed by atoms with E-state index in [1.165, 1.54) is 4.90 Å². The third-order valence-corrected chi connectivity index (χ3v) is 3.06. The van der Waals surface area contributed by atoms with Gasteiger partial charge in [0.2, 0.25) is 5.91 Å². The van der Waals surface area contributed by atoms with Gasteiger partial charge in [0.15, 0.2) is 0 Å². The number of ether oxygens (including phenoxy) is 1. The number of amides is 1. The molecule has 0 radical (unpaired) electrons. The van der Waals surface area contributed by atoms with Crippen LogP contribution in [0.5, 0.6) is 0 Å². The largest absolute Gasteiger partial charge is 0.465 e. The third-order valence-electron chi connectivity index (χ3n) is 3.06. The van der Waals surface area contributed by atoms with Crippen LogP contribution in [0.25, 0.3) is 0 Å². The van der Waals surface area contributed by atoms with E-state index in [4.69, 9.17) is 4.74 Å². The van der Waals surface area contributed by atoms with Gasteiger partial charge in [-0.15, -0.1) is 0 Å². The fourth-order valence-corrected chi connectivity index (χ4v) is 1.97. The summed E-state index contributed by atoms with van der Waals surface area (Å²) in [5.74, 6) is -1.58. The van der Waals surface area contributed by atoms with Crippen molar-refractivity contribution in [2.24, 2.45) is 5.92 Å². The molecule has 1 amide bonds. The molecule has 0 bridgehead atoms. The zero-order valence-electron chi connectivity index (χ0n) is 12.4. The molecule has 21 heavy (non-hydrogen) atoms. The van der Waals surface area contributed by atoms with Crippen LogP contribution in [-0.2, 0) is 20.7 Å². The molecule has 1 rings (SSSR count). The SMILES string of the molecule is CCOC(=O)CN(CC)C(=O)C(C#N)Cc1ccccc1. The highest BCUT2D eigenvalue weighted by Gasteiger charge is 2.25. The Hall–Kier alpha value is -2.35. The van der Waals surface area contributed by atoms with E-state index in [0.717, 1.165) is 5.56 Å². The molecule has 0 saturated heterocycles. The maximum atomic E-state index is 12.3. The van der Waals surface area contributed by atoms with Crippen molar-refractivity contribution in [3.63, 3.8) is 0 Å². The number of hydrogen-bond donors (Lipinski definition) is 0. The number of likely N-dealkylation sites (N-methyl/N-ethyl adjacent to an activating group) is 1. The molecular formula is C16H20N2O3. The zero-order chi connectivity index (χ0) is 15.7. The van der Waals surface area contributed by atoms with E-state index >= 15 is 0 Å². The lowest BCUT2D eigenvalue weighted by atomic mass is 9.99. The fraction of sp³-hybridized carbons (Fsp3) is 0.438. The maximum Gasteiger partial charge on any atom is 0.325 e. The Morgan fingerprint density at radius 1 is 1.29 bits per heavy atom. The van der Waals surface area contributed by atoms with Crippen LogP contribution < -0.4 is 0 Å². The monoisotopic (exact) mass is 288 g/mol. The maximum absolute atomic E-state index is 12.3. The van der Waals surface area contributed by atoms with Gasteiger partial charge in [-0.1, -0.05) is 30.3 Å². The smallest absolute Gasteiger partial charge is 0.325 e. The first-order chi connectivity index (χ1) is 10.1. The first-order valence-corrected chi connectivity index (χ1v) is 7.00. The Balaban J connectivity index is 2.72. The lowest BCUT2D eigenvalue weighted by Gasteiger charge is -2.22. The first kappa shape index (κ1) is 16.7. The standard InChI is InChI=1S/C16H20N2O3/c1-3-18(12-15(19)21-4-2)16(20)14(11-17)10-13-8-6-5-7-9-13/h5-9,14H,3-4,10,12H2,1-2H3. The third kappa shape index (κ3) is 5.27. The second-order valence-corrected chi connectivity index (χ2v) is 4.53. The van der Waals surface area contributed by atoms with Crippen LogP contribution in [-0.4, -0.2) is 36.5 Å². The summed E-state index contributed by atoms with van der Waals surface area (Å²) in [5.41, 5.74) is 0.921. The normalized spacial score (nSPS) is 11.3. The van der Waals surface area contributed by atoms with E-state index < -0.39 is 11.9 Å². The average Bonchev–Trinajstić information content (AvgIpc) is 2.51. The fourth-order valence-electron chi connectivity index (χ4n) is 1.97. The lowest BCUT2D eigenvalue weighted by molar-refractivity contribution is -0.149. The van der Waals surface area contributed by atoms with Gasteiger partial charge in [0.05, 0.1) is 12.7 Å². The van der Waals surface area contributed by atoms with Crippen molar-refractivity contribution in [2.45, 2.75) is 20.3 Å². The summed E-state index contributed by atoms with van der Waals surface area (Å²) in [4.78, 5) is 25.2. The minimum atomic E-state index is -0.790. The van der Waals surface area contributed by atoms with Gasteiger partial charge in [0.25, 0.3) is 0 Å². The van der Waals surface area contributed by atoms with Crippen molar-refractivity contribution in [1.29, 1.82) is 5.26 Å². The highest BCUT2D eigenvalue weighted by atomic mass is 16.5. The summed E-state index contributed by atoms with van der Waals surface area (Å²) in [6.45, 7) is 4.01. The highest BCUT2D eigenvalue weighted by Crippen LogP contribution is 2.11. The van der Waals surface area contributed by atoms with E-state index in [-0.39, 0.29) is 19.1 Å². The minimum absolute atomic E-state index is 0.115. The number of carbonyl (C=O) groups excluding carboxylic acids is 2. The molecular weight excluding hydrogens is 268 g/mol. The predicted octanol–water partition coefficient (Wildman–Crippen LogP) is 1.78. The number of carbonyl (C=O) groups is 2. The zero-order valence-corrected chi connectivity index (χ0v) is 12.4. The van der Waals surface area contributed by atoms with Crippen LogP contribution in [0.1, 0.15) is 19.4 Å². The molecule has 0 spiro atoms. The van der Waals surface area contributed by atoms with Gasteiger partial charge >= 0.3 is 5.97 Å². The Bertz CT molecular complexity index is 508. The van der Waals surface area contributed by atoms with Crippen molar-refractivity contribution in [1.82, 2.24) is 4.90 Å². The molecule has 0 N–H and O–H groups in total. The van der Waals surface area contributed by atoms with Crippen molar-refractivity contribution in [2.75, 3.05) is 19.7 Å². The first-order valence-electron chi connectivity index (χ1n) is 7.00. The molecule has 0 aromatic heterocycles. The summed E-state index contributed by atoms with van der Waals surface area (Å²) in [7, 11) is 0. The Kier molecular flexibility index (Phi) is 6.96. The van der Waals surface area contributed by atoms with Crippen molar-refractivity contribution in [3.05, 3.63) is 35.9 Å². The number of nitrogens with zero attached hydrogens (tertiary/aromatic N) is 2. The Morgan fingerprint density at radius 3 is 2.48 bits per heavy atom. The van der Waals surface area contributed by atoms with E-state index in [9.17, 15) is 14.9 Å². The van der Waals surface area contributed by atoms with Gasteiger partial charge in [0, 0.05) is 6.54 Å². The van der Waals surface area contributed by atoms with E-state index in [2.05, 4.69) is 0 Å². The molecule has 0 aliphatic carbocycles. The van der Waals surface area contributed by atoms with Crippen LogP contribution in [0.15, 0.2) is 30.3 Å². The van der Waals surface area contributed by atoms with Crippen LogP contribution in [0.4, 0.5) is 0 Å². The van der Waals surface area contributed by atoms with Gasteiger partial charge in [0.1, 0.15) is 12.5 Å². The topological polar surface area (TPSA) is 70.4 Å². The molecule has 1 atom stereocenters. The van der Waals surface area contributed by atoms with Gasteiger partial charge in [-0.05, 0) is 25.8 Å². The summed E-state index contributed by atoms with van der Waals surface area (Å²) < 4.78 is 4.84. The van der Waals surface area contributed by atoms with Gasteiger partial charge in [-0.2, -0.15) is 5.26 Å². The molecule has 1 unspecified atom stereocenters. The molecule has 0 fully saturated rings. The second-order valence-electron chi connectivity index (χ2n) is 4.53. The molecule has 0 saturated carbocycles. The van der Waals surface area contributed by atoms with Crippen LogP contribution >= 0.6 is 0 Å². The number of benzene rings is 1. The number of esters is 1. The van der Waals surface area contributed by atoms with Crippen molar-refractivity contribution >= 4 is 11.9 Å². The number of hydrogen-bond acceptors (Lipinski definition) is 4. The Morgan fingerprint density at radius 2 is 1.95 bits per heavy atom. The van der Waals surface area contributed by atoms with Crippen LogP contribution in [0, 0.1) is 17.2 Å². The van der Waals surface area contributed by atoms with E-state index in [0.29, 0.717) is 13.0 Å². The van der Waals surface area contributed by atoms with Crippen LogP contribution in [0.2, 0.25) is 0 Å².